The zero-order chi connectivity index (χ0) is 23.5. The summed E-state index contributed by atoms with van der Waals surface area (Å²) in [4.78, 5) is 34.7. The lowest BCUT2D eigenvalue weighted by atomic mass is 10.2. The molecule has 0 spiro atoms. The molecular formula is C25H17FN4O2S2. The number of rotatable bonds is 6. The first-order valence-corrected chi connectivity index (χ1v) is 12.2. The molecule has 0 saturated heterocycles. The molecule has 5 rings (SSSR count). The first-order valence-electron chi connectivity index (χ1n) is 10.3. The van der Waals surface area contributed by atoms with Crippen molar-refractivity contribution in [2.75, 3.05) is 11.1 Å². The molecular weight excluding hydrogens is 471 g/mol. The van der Waals surface area contributed by atoms with Crippen molar-refractivity contribution >= 4 is 45.0 Å². The second kappa shape index (κ2) is 9.58. The van der Waals surface area contributed by atoms with E-state index in [1.165, 1.54) is 28.0 Å². The van der Waals surface area contributed by atoms with Gasteiger partial charge in [0.15, 0.2) is 10.3 Å². The minimum atomic E-state index is -0.586. The second-order valence-electron chi connectivity index (χ2n) is 7.25. The van der Waals surface area contributed by atoms with Crippen molar-refractivity contribution in [3.63, 3.8) is 0 Å². The number of hydrogen-bond donors (Lipinski definition) is 1. The number of carbonyl (C=O) groups excluding carboxylic acids is 1. The van der Waals surface area contributed by atoms with Crippen LogP contribution in [0.3, 0.4) is 0 Å². The molecule has 1 N–H and O–H groups in total. The average molecular weight is 489 g/mol. The fourth-order valence-corrected chi connectivity index (χ4v) is 4.96. The number of para-hydroxylation sites is 2. The van der Waals surface area contributed by atoms with Crippen LogP contribution in [0, 0.1) is 5.82 Å². The summed E-state index contributed by atoms with van der Waals surface area (Å²) in [6, 6.07) is 22.9. The first-order chi connectivity index (χ1) is 16.6. The van der Waals surface area contributed by atoms with E-state index in [9.17, 15) is 14.0 Å². The van der Waals surface area contributed by atoms with Crippen LogP contribution < -0.4 is 10.9 Å². The quantitative estimate of drug-likeness (QED) is 0.257. The highest BCUT2D eigenvalue weighted by molar-refractivity contribution is 7.99. The Morgan fingerprint density at radius 1 is 0.971 bits per heavy atom. The van der Waals surface area contributed by atoms with Gasteiger partial charge in [0.25, 0.3) is 5.56 Å². The molecule has 0 aliphatic heterocycles. The number of halogens is 1. The number of amides is 1. The van der Waals surface area contributed by atoms with Crippen LogP contribution in [-0.2, 0) is 4.79 Å². The Kier molecular flexibility index (Phi) is 6.20. The summed E-state index contributed by atoms with van der Waals surface area (Å²) in [5.41, 5.74) is 1.91. The molecule has 6 nitrogen and oxygen atoms in total. The maximum absolute atomic E-state index is 14.4. The van der Waals surface area contributed by atoms with Crippen LogP contribution in [0.4, 0.5) is 9.52 Å². The van der Waals surface area contributed by atoms with Crippen LogP contribution >= 0.6 is 23.1 Å². The predicted molar refractivity (Wildman–Crippen MR) is 134 cm³/mol. The fraction of sp³-hybridized carbons (Fsp3) is 0.0400. The molecule has 3 aromatic carbocycles. The maximum atomic E-state index is 14.4. The molecule has 9 heteroatoms. The number of fused-ring (bicyclic) bond motifs is 1. The molecule has 2 heterocycles. The Bertz CT molecular complexity index is 1540. The minimum Gasteiger partial charge on any atom is -0.301 e. The number of thioether (sulfide) groups is 1. The fourth-order valence-electron chi connectivity index (χ4n) is 3.41. The molecule has 2 aromatic heterocycles. The molecule has 5 aromatic rings. The zero-order valence-corrected chi connectivity index (χ0v) is 19.3. The third-order valence-corrected chi connectivity index (χ3v) is 6.68. The number of nitrogens with zero attached hydrogens (tertiary/aromatic N) is 3. The largest absolute Gasteiger partial charge is 0.301 e. The van der Waals surface area contributed by atoms with Crippen molar-refractivity contribution in [1.82, 2.24) is 14.5 Å². The molecule has 1 amide bonds. The van der Waals surface area contributed by atoms with E-state index in [0.717, 1.165) is 23.0 Å². The van der Waals surface area contributed by atoms with E-state index in [1.54, 1.807) is 30.3 Å². The maximum Gasteiger partial charge on any atom is 0.266 e. The van der Waals surface area contributed by atoms with Crippen LogP contribution in [0.2, 0.25) is 0 Å². The monoisotopic (exact) mass is 488 g/mol. The summed E-state index contributed by atoms with van der Waals surface area (Å²) in [6.45, 7) is 0. The Balaban J connectivity index is 1.40. The van der Waals surface area contributed by atoms with Gasteiger partial charge >= 0.3 is 0 Å². The highest BCUT2D eigenvalue weighted by Gasteiger charge is 2.17. The standard InChI is InChI=1S/C25H17FN4O2S2/c26-19-13-7-12-18-22(19)29-25(30(23(18)32)17-10-5-2-6-11-17)34-15-21(31)28-24-27-20(14-33-24)16-8-3-1-4-9-16/h1-14H,15H2,(H,27,28,31). The molecule has 168 valence electrons. The summed E-state index contributed by atoms with van der Waals surface area (Å²) < 4.78 is 15.8. The van der Waals surface area contributed by atoms with Crippen molar-refractivity contribution in [3.8, 4) is 16.9 Å². The Morgan fingerprint density at radius 3 is 2.47 bits per heavy atom. The number of benzene rings is 3. The van der Waals surface area contributed by atoms with Gasteiger partial charge in [-0.2, -0.15) is 0 Å². The van der Waals surface area contributed by atoms with E-state index in [2.05, 4.69) is 15.3 Å². The number of thiazole rings is 1. The molecule has 0 saturated carbocycles. The predicted octanol–water partition coefficient (Wildman–Crippen LogP) is 5.38. The summed E-state index contributed by atoms with van der Waals surface area (Å²) in [5.74, 6) is -0.918. The first kappa shape index (κ1) is 22.0. The summed E-state index contributed by atoms with van der Waals surface area (Å²) in [6.07, 6.45) is 0. The highest BCUT2D eigenvalue weighted by atomic mass is 32.2. The van der Waals surface area contributed by atoms with Gasteiger partial charge in [-0.3, -0.25) is 14.2 Å². The van der Waals surface area contributed by atoms with Gasteiger partial charge in [-0.25, -0.2) is 14.4 Å². The van der Waals surface area contributed by atoms with Crippen molar-refractivity contribution in [3.05, 3.63) is 100 Å². The van der Waals surface area contributed by atoms with Gasteiger partial charge < -0.3 is 5.32 Å². The van der Waals surface area contributed by atoms with Crippen LogP contribution in [0.15, 0.2) is 94.2 Å². The molecule has 0 radical (unpaired) electrons. The van der Waals surface area contributed by atoms with Gasteiger partial charge in [0.1, 0.15) is 11.3 Å². The lowest BCUT2D eigenvalue weighted by molar-refractivity contribution is -0.113. The van der Waals surface area contributed by atoms with E-state index in [1.807, 2.05) is 41.8 Å². The number of anilines is 1. The number of hydrogen-bond acceptors (Lipinski definition) is 6. The van der Waals surface area contributed by atoms with Crippen molar-refractivity contribution in [2.45, 2.75) is 5.16 Å². The third kappa shape index (κ3) is 4.48. The lowest BCUT2D eigenvalue weighted by Gasteiger charge is -2.13. The van der Waals surface area contributed by atoms with E-state index in [-0.39, 0.29) is 27.7 Å². The molecule has 0 aliphatic carbocycles. The Morgan fingerprint density at radius 2 is 1.71 bits per heavy atom. The Hall–Kier alpha value is -3.82. The van der Waals surface area contributed by atoms with Gasteiger partial charge in [-0.15, -0.1) is 11.3 Å². The molecule has 0 atom stereocenters. The number of nitrogens with one attached hydrogen (secondary N) is 1. The van der Waals surface area contributed by atoms with Crippen LogP contribution in [-0.4, -0.2) is 26.2 Å². The van der Waals surface area contributed by atoms with Crippen LogP contribution in [0.1, 0.15) is 0 Å². The second-order valence-corrected chi connectivity index (χ2v) is 9.05. The lowest BCUT2D eigenvalue weighted by Crippen LogP contribution is -2.23. The van der Waals surface area contributed by atoms with E-state index < -0.39 is 11.4 Å². The molecule has 0 unspecified atom stereocenters. The van der Waals surface area contributed by atoms with Gasteiger partial charge in [-0.05, 0) is 24.3 Å². The minimum absolute atomic E-state index is 0.0185. The summed E-state index contributed by atoms with van der Waals surface area (Å²) >= 11 is 2.39. The number of aromatic nitrogens is 3. The molecule has 34 heavy (non-hydrogen) atoms. The van der Waals surface area contributed by atoms with Crippen molar-refractivity contribution in [2.24, 2.45) is 0 Å². The number of carbonyl (C=O) groups is 1. The SMILES string of the molecule is O=C(CSc1nc2c(F)cccc2c(=O)n1-c1ccccc1)Nc1nc(-c2ccccc2)cs1. The van der Waals surface area contributed by atoms with Gasteiger partial charge in [0.2, 0.25) is 5.91 Å². The molecule has 0 aliphatic rings. The van der Waals surface area contributed by atoms with E-state index in [0.29, 0.717) is 10.8 Å². The Labute approximate surface area is 202 Å². The van der Waals surface area contributed by atoms with Crippen LogP contribution in [0.25, 0.3) is 27.8 Å². The van der Waals surface area contributed by atoms with E-state index in [4.69, 9.17) is 0 Å². The zero-order valence-electron chi connectivity index (χ0n) is 17.6. The van der Waals surface area contributed by atoms with Crippen molar-refractivity contribution in [1.29, 1.82) is 0 Å². The smallest absolute Gasteiger partial charge is 0.266 e. The van der Waals surface area contributed by atoms with Gasteiger partial charge in [0, 0.05) is 10.9 Å². The van der Waals surface area contributed by atoms with Gasteiger partial charge in [-0.1, -0.05) is 66.4 Å². The summed E-state index contributed by atoms with van der Waals surface area (Å²) in [5, 5.41) is 5.54. The highest BCUT2D eigenvalue weighted by Crippen LogP contribution is 2.26. The topological polar surface area (TPSA) is 76.9 Å². The van der Waals surface area contributed by atoms with Crippen molar-refractivity contribution < 1.29 is 9.18 Å². The third-order valence-electron chi connectivity index (χ3n) is 4.99. The summed E-state index contributed by atoms with van der Waals surface area (Å²) in [7, 11) is 0. The molecule has 0 bridgehead atoms. The van der Waals surface area contributed by atoms with Crippen LogP contribution in [0.5, 0.6) is 0 Å². The molecule has 0 fully saturated rings. The van der Waals surface area contributed by atoms with E-state index >= 15 is 0 Å². The van der Waals surface area contributed by atoms with Gasteiger partial charge in [0.05, 0.1) is 22.5 Å². The average Bonchev–Trinajstić information content (AvgIpc) is 3.33. The normalized spacial score (nSPS) is 11.0.